The Labute approximate surface area is 186 Å². The zero-order valence-corrected chi connectivity index (χ0v) is 19.5. The van der Waals surface area contributed by atoms with Gasteiger partial charge in [0.2, 0.25) is 0 Å². The van der Waals surface area contributed by atoms with E-state index in [-0.39, 0.29) is 0 Å². The molecule has 0 saturated heterocycles. The van der Waals surface area contributed by atoms with Crippen molar-refractivity contribution in [1.82, 2.24) is 0 Å². The highest BCUT2D eigenvalue weighted by molar-refractivity contribution is 14.1. The topological polar surface area (TPSA) is 13.1 Å². The molecule has 0 N–H and O–H groups in total. The van der Waals surface area contributed by atoms with Crippen LogP contribution in [0.4, 0.5) is 0 Å². The van der Waals surface area contributed by atoms with Gasteiger partial charge in [0.05, 0.1) is 0 Å². The Morgan fingerprint density at radius 1 is 0.690 bits per heavy atom. The molecule has 0 saturated carbocycles. The van der Waals surface area contributed by atoms with Gasteiger partial charge in [-0.15, -0.1) is 0 Å². The standard InChI is InChI=1S/C27H25IO/c1-5-23-25(22-15-10-19(4)24(28)16-22)27(21-13-8-18(3)9-14-21)29-26(23)20-11-6-17(2)7-12-20/h6-16H,5H2,1-4H3. The van der Waals surface area contributed by atoms with Gasteiger partial charge in [0, 0.05) is 25.8 Å². The lowest BCUT2D eigenvalue weighted by atomic mass is 9.93. The quantitative estimate of drug-likeness (QED) is 0.261. The van der Waals surface area contributed by atoms with Gasteiger partial charge in [-0.3, -0.25) is 0 Å². The van der Waals surface area contributed by atoms with E-state index in [0.717, 1.165) is 29.1 Å². The molecule has 3 aromatic carbocycles. The van der Waals surface area contributed by atoms with Gasteiger partial charge in [0.15, 0.2) is 0 Å². The van der Waals surface area contributed by atoms with E-state index in [1.54, 1.807) is 0 Å². The molecule has 4 aromatic rings. The maximum atomic E-state index is 6.61. The van der Waals surface area contributed by atoms with Crippen LogP contribution in [0.1, 0.15) is 29.2 Å². The largest absolute Gasteiger partial charge is 0.455 e. The van der Waals surface area contributed by atoms with E-state index in [9.17, 15) is 0 Å². The maximum absolute atomic E-state index is 6.61. The van der Waals surface area contributed by atoms with Crippen molar-refractivity contribution in [2.24, 2.45) is 0 Å². The van der Waals surface area contributed by atoms with E-state index in [4.69, 9.17) is 4.42 Å². The second-order valence-corrected chi connectivity index (χ2v) is 8.83. The first kappa shape index (κ1) is 20.0. The number of hydrogen-bond acceptors (Lipinski definition) is 1. The van der Waals surface area contributed by atoms with Crippen LogP contribution in [0.15, 0.2) is 71.1 Å². The van der Waals surface area contributed by atoms with Gasteiger partial charge >= 0.3 is 0 Å². The summed E-state index contributed by atoms with van der Waals surface area (Å²) in [6.45, 7) is 8.60. The molecule has 0 atom stereocenters. The maximum Gasteiger partial charge on any atom is 0.142 e. The fourth-order valence-corrected chi connectivity index (χ4v) is 4.22. The molecule has 146 valence electrons. The summed E-state index contributed by atoms with van der Waals surface area (Å²) in [6.07, 6.45) is 0.915. The Balaban J connectivity index is 2.01. The van der Waals surface area contributed by atoms with Crippen LogP contribution in [0, 0.1) is 24.3 Å². The molecule has 29 heavy (non-hydrogen) atoms. The molecule has 0 fully saturated rings. The van der Waals surface area contributed by atoms with E-state index < -0.39 is 0 Å². The van der Waals surface area contributed by atoms with Gasteiger partial charge in [-0.1, -0.05) is 78.7 Å². The number of hydrogen-bond donors (Lipinski definition) is 0. The van der Waals surface area contributed by atoms with Crippen molar-refractivity contribution in [3.63, 3.8) is 0 Å². The summed E-state index contributed by atoms with van der Waals surface area (Å²) in [5, 5.41) is 0. The molecule has 2 heteroatoms. The third-order valence-electron chi connectivity index (χ3n) is 5.45. The SMILES string of the molecule is CCc1c(-c2ccc(C)cc2)oc(-c2ccc(C)cc2)c1-c1ccc(C)c(I)c1. The first-order valence-electron chi connectivity index (χ1n) is 10.0. The van der Waals surface area contributed by atoms with Gasteiger partial charge in [0.1, 0.15) is 11.5 Å². The minimum atomic E-state index is 0.915. The van der Waals surface area contributed by atoms with Crippen molar-refractivity contribution in [1.29, 1.82) is 0 Å². The number of furan rings is 1. The third-order valence-corrected chi connectivity index (χ3v) is 6.61. The molecule has 0 radical (unpaired) electrons. The zero-order valence-electron chi connectivity index (χ0n) is 17.3. The molecule has 1 aromatic heterocycles. The summed E-state index contributed by atoms with van der Waals surface area (Å²) in [6, 6.07) is 23.9. The highest BCUT2D eigenvalue weighted by atomic mass is 127. The highest BCUT2D eigenvalue weighted by Crippen LogP contribution is 2.44. The smallest absolute Gasteiger partial charge is 0.142 e. The van der Waals surface area contributed by atoms with Gasteiger partial charge in [-0.2, -0.15) is 0 Å². The predicted octanol–water partition coefficient (Wildman–Crippen LogP) is 8.37. The van der Waals surface area contributed by atoms with E-state index in [1.807, 2.05) is 0 Å². The van der Waals surface area contributed by atoms with Crippen LogP contribution in [-0.2, 0) is 6.42 Å². The predicted molar refractivity (Wildman–Crippen MR) is 131 cm³/mol. The van der Waals surface area contributed by atoms with Gasteiger partial charge in [0.25, 0.3) is 0 Å². The summed E-state index contributed by atoms with van der Waals surface area (Å²) < 4.78 is 7.88. The van der Waals surface area contributed by atoms with Crippen molar-refractivity contribution < 1.29 is 4.42 Å². The van der Waals surface area contributed by atoms with E-state index in [0.29, 0.717) is 0 Å². The third kappa shape index (κ3) is 3.91. The van der Waals surface area contributed by atoms with E-state index in [1.165, 1.54) is 37.0 Å². The van der Waals surface area contributed by atoms with Crippen LogP contribution in [0.5, 0.6) is 0 Å². The molecule has 0 bridgehead atoms. The van der Waals surface area contributed by atoms with Gasteiger partial charge < -0.3 is 4.42 Å². The lowest BCUT2D eigenvalue weighted by Gasteiger charge is -2.08. The first-order chi connectivity index (χ1) is 14.0. The number of rotatable bonds is 4. The Bertz CT molecular complexity index is 1150. The molecular formula is C27H25IO. The van der Waals surface area contributed by atoms with E-state index >= 15 is 0 Å². The van der Waals surface area contributed by atoms with Crippen molar-refractivity contribution in [2.45, 2.75) is 34.1 Å². The van der Waals surface area contributed by atoms with Gasteiger partial charge in [-0.25, -0.2) is 0 Å². The van der Waals surface area contributed by atoms with Gasteiger partial charge in [-0.05, 0) is 67.0 Å². The van der Waals surface area contributed by atoms with Crippen molar-refractivity contribution in [3.05, 3.63) is 92.6 Å². The van der Waals surface area contributed by atoms with Crippen LogP contribution in [0.25, 0.3) is 33.8 Å². The molecule has 1 nitrogen and oxygen atoms in total. The monoisotopic (exact) mass is 492 g/mol. The Hall–Kier alpha value is -2.33. The Kier molecular flexibility index (Phi) is 5.64. The molecule has 0 amide bonds. The lowest BCUT2D eigenvalue weighted by molar-refractivity contribution is 0.595. The van der Waals surface area contributed by atoms with Crippen LogP contribution in [0.2, 0.25) is 0 Å². The number of benzene rings is 3. The summed E-state index contributed by atoms with van der Waals surface area (Å²) in [7, 11) is 0. The van der Waals surface area contributed by atoms with Crippen LogP contribution >= 0.6 is 22.6 Å². The van der Waals surface area contributed by atoms with Crippen LogP contribution in [-0.4, -0.2) is 0 Å². The molecule has 1 heterocycles. The number of aryl methyl sites for hydroxylation is 3. The minimum absolute atomic E-state index is 0.915. The van der Waals surface area contributed by atoms with E-state index in [2.05, 4.69) is 117 Å². The fourth-order valence-electron chi connectivity index (χ4n) is 3.70. The van der Waals surface area contributed by atoms with Crippen LogP contribution in [0.3, 0.4) is 0 Å². The average Bonchev–Trinajstić information content (AvgIpc) is 3.10. The average molecular weight is 492 g/mol. The number of halogens is 1. The van der Waals surface area contributed by atoms with Crippen molar-refractivity contribution in [3.8, 4) is 33.8 Å². The first-order valence-corrected chi connectivity index (χ1v) is 11.1. The summed E-state index contributed by atoms with van der Waals surface area (Å²) in [4.78, 5) is 0. The van der Waals surface area contributed by atoms with Crippen molar-refractivity contribution in [2.75, 3.05) is 0 Å². The molecule has 0 aliphatic carbocycles. The molecular weight excluding hydrogens is 467 g/mol. The summed E-state index contributed by atoms with van der Waals surface area (Å²) in [5.74, 6) is 1.94. The summed E-state index contributed by atoms with van der Waals surface area (Å²) in [5.41, 5.74) is 9.75. The molecule has 0 aliphatic rings. The highest BCUT2D eigenvalue weighted by Gasteiger charge is 2.23. The second kappa shape index (κ2) is 8.19. The normalized spacial score (nSPS) is 11.1. The molecule has 0 spiro atoms. The minimum Gasteiger partial charge on any atom is -0.455 e. The second-order valence-electron chi connectivity index (χ2n) is 7.66. The van der Waals surface area contributed by atoms with Crippen LogP contribution < -0.4 is 0 Å². The fraction of sp³-hybridized carbons (Fsp3) is 0.185. The lowest BCUT2D eigenvalue weighted by Crippen LogP contribution is -1.90. The Morgan fingerprint density at radius 3 is 1.72 bits per heavy atom. The molecule has 4 rings (SSSR count). The van der Waals surface area contributed by atoms with Crippen molar-refractivity contribution >= 4 is 22.6 Å². The Morgan fingerprint density at radius 2 is 1.21 bits per heavy atom. The molecule has 0 aliphatic heterocycles. The zero-order chi connectivity index (χ0) is 20.5. The molecule has 0 unspecified atom stereocenters. The summed E-state index contributed by atoms with van der Waals surface area (Å²) >= 11 is 2.42.